The van der Waals surface area contributed by atoms with Crippen molar-refractivity contribution in [2.45, 2.75) is 25.3 Å². The molecule has 1 rings (SSSR count). The molecule has 0 aromatic heterocycles. The van der Waals surface area contributed by atoms with Gasteiger partial charge >= 0.3 is 0 Å². The van der Waals surface area contributed by atoms with Crippen LogP contribution in [0.1, 0.15) is 18.1 Å². The summed E-state index contributed by atoms with van der Waals surface area (Å²) in [7, 11) is 3.93. The molecule has 0 bridgehead atoms. The zero-order chi connectivity index (χ0) is 15.7. The number of nitrogens with one attached hydrogen (secondary N) is 2. The first-order valence-electron chi connectivity index (χ1n) is 7.37. The van der Waals surface area contributed by atoms with Crippen molar-refractivity contribution in [2.24, 2.45) is 4.99 Å². The zero-order valence-corrected chi connectivity index (χ0v) is 17.4. The van der Waals surface area contributed by atoms with Crippen LogP contribution < -0.4 is 10.6 Å². The quantitative estimate of drug-likeness (QED) is 0.299. The number of guanidine groups is 1. The van der Waals surface area contributed by atoms with Gasteiger partial charge in [0, 0.05) is 31.6 Å². The lowest BCUT2D eigenvalue weighted by molar-refractivity contribution is 0.357. The summed E-state index contributed by atoms with van der Waals surface area (Å²) in [5.41, 5.74) is 2.61. The summed E-state index contributed by atoms with van der Waals surface area (Å²) in [4.78, 5) is 7.86. The molecule has 0 amide bonds. The standard InChI is InChI=1S/C16H28N4S.HI/c1-6-20(4)10-9-18-16(17-3)19-12-14-8-7-13(2)11-15(14)21-5;/h7-8,11H,6,9-10,12H2,1-5H3,(H2,17,18,19);1H. The molecule has 0 unspecified atom stereocenters. The first kappa shape index (κ1) is 21.5. The lowest BCUT2D eigenvalue weighted by Crippen LogP contribution is -2.40. The molecule has 1 aromatic carbocycles. The van der Waals surface area contributed by atoms with Crippen LogP contribution in [0.5, 0.6) is 0 Å². The average molecular weight is 436 g/mol. The van der Waals surface area contributed by atoms with Crippen LogP contribution in [-0.2, 0) is 6.54 Å². The van der Waals surface area contributed by atoms with Crippen molar-refractivity contribution in [3.63, 3.8) is 0 Å². The number of likely N-dealkylation sites (N-methyl/N-ethyl adjacent to an activating group) is 1. The van der Waals surface area contributed by atoms with E-state index in [9.17, 15) is 0 Å². The predicted octanol–water partition coefficient (Wildman–Crippen LogP) is 2.95. The second-order valence-electron chi connectivity index (χ2n) is 5.06. The molecule has 1 aromatic rings. The summed E-state index contributed by atoms with van der Waals surface area (Å²) in [6.45, 7) is 8.05. The molecule has 0 atom stereocenters. The second kappa shape index (κ2) is 12.0. The Bertz CT molecular complexity index is 465. The van der Waals surface area contributed by atoms with Gasteiger partial charge in [-0.05, 0) is 44.0 Å². The normalized spacial score (nSPS) is 11.3. The molecule has 0 radical (unpaired) electrons. The van der Waals surface area contributed by atoms with E-state index < -0.39 is 0 Å². The smallest absolute Gasteiger partial charge is 0.191 e. The Kier molecular flexibility index (Phi) is 11.8. The van der Waals surface area contributed by atoms with Gasteiger partial charge in [0.1, 0.15) is 0 Å². The highest BCUT2D eigenvalue weighted by Crippen LogP contribution is 2.21. The van der Waals surface area contributed by atoms with E-state index in [1.807, 2.05) is 7.05 Å². The van der Waals surface area contributed by atoms with Crippen molar-refractivity contribution in [2.75, 3.05) is 40.0 Å². The summed E-state index contributed by atoms with van der Waals surface area (Å²) < 4.78 is 0. The monoisotopic (exact) mass is 436 g/mol. The molecule has 0 aliphatic heterocycles. The third-order valence-corrected chi connectivity index (χ3v) is 4.26. The molecule has 0 fully saturated rings. The minimum absolute atomic E-state index is 0. The highest BCUT2D eigenvalue weighted by Gasteiger charge is 2.04. The number of hydrogen-bond acceptors (Lipinski definition) is 3. The molecule has 0 saturated carbocycles. The van der Waals surface area contributed by atoms with Crippen molar-refractivity contribution in [3.05, 3.63) is 29.3 Å². The summed E-state index contributed by atoms with van der Waals surface area (Å²) >= 11 is 1.79. The molecule has 0 aliphatic rings. The van der Waals surface area contributed by atoms with Crippen LogP contribution in [0.2, 0.25) is 0 Å². The van der Waals surface area contributed by atoms with E-state index in [2.05, 4.69) is 65.9 Å². The van der Waals surface area contributed by atoms with Crippen molar-refractivity contribution in [1.29, 1.82) is 0 Å². The Morgan fingerprint density at radius 1 is 1.32 bits per heavy atom. The van der Waals surface area contributed by atoms with Crippen LogP contribution in [0.4, 0.5) is 0 Å². The highest BCUT2D eigenvalue weighted by molar-refractivity contribution is 14.0. The van der Waals surface area contributed by atoms with Crippen LogP contribution in [0.25, 0.3) is 0 Å². The number of benzene rings is 1. The lowest BCUT2D eigenvalue weighted by atomic mass is 10.1. The number of aryl methyl sites for hydroxylation is 1. The summed E-state index contributed by atoms with van der Waals surface area (Å²) in [5.74, 6) is 0.854. The van der Waals surface area contributed by atoms with Crippen LogP contribution in [0, 0.1) is 6.92 Å². The lowest BCUT2D eigenvalue weighted by Gasteiger charge is -2.17. The Balaban J connectivity index is 0.00000441. The summed E-state index contributed by atoms with van der Waals surface area (Å²) in [6.07, 6.45) is 2.12. The maximum atomic E-state index is 4.27. The first-order valence-corrected chi connectivity index (χ1v) is 8.59. The van der Waals surface area contributed by atoms with E-state index in [4.69, 9.17) is 0 Å². The molecule has 22 heavy (non-hydrogen) atoms. The van der Waals surface area contributed by atoms with Gasteiger partial charge in [-0.1, -0.05) is 19.1 Å². The van der Waals surface area contributed by atoms with Gasteiger partial charge in [0.15, 0.2) is 5.96 Å². The van der Waals surface area contributed by atoms with Gasteiger partial charge in [-0.15, -0.1) is 35.7 Å². The minimum atomic E-state index is 0. The Hall–Kier alpha value is -0.470. The Labute approximate surface area is 156 Å². The third-order valence-electron chi connectivity index (χ3n) is 3.44. The fourth-order valence-corrected chi connectivity index (χ4v) is 2.63. The second-order valence-corrected chi connectivity index (χ2v) is 5.91. The molecule has 2 N–H and O–H groups in total. The van der Waals surface area contributed by atoms with Gasteiger partial charge in [0.05, 0.1) is 0 Å². The molecule has 6 heteroatoms. The van der Waals surface area contributed by atoms with Crippen LogP contribution in [0.15, 0.2) is 28.1 Å². The maximum absolute atomic E-state index is 4.27. The van der Waals surface area contributed by atoms with Crippen LogP contribution >= 0.6 is 35.7 Å². The Morgan fingerprint density at radius 3 is 2.64 bits per heavy atom. The van der Waals surface area contributed by atoms with Crippen molar-refractivity contribution < 1.29 is 0 Å². The van der Waals surface area contributed by atoms with Gasteiger partial charge in [-0.25, -0.2) is 0 Å². The van der Waals surface area contributed by atoms with E-state index in [0.717, 1.165) is 32.1 Å². The molecular weight excluding hydrogens is 407 g/mol. The van der Waals surface area contributed by atoms with Crippen molar-refractivity contribution >= 4 is 41.7 Å². The van der Waals surface area contributed by atoms with E-state index in [1.165, 1.54) is 16.0 Å². The highest BCUT2D eigenvalue weighted by atomic mass is 127. The number of aliphatic imine (C=N–C) groups is 1. The van der Waals surface area contributed by atoms with Crippen LogP contribution in [0.3, 0.4) is 0 Å². The summed E-state index contributed by atoms with van der Waals surface area (Å²) in [5, 5.41) is 6.72. The number of nitrogens with zero attached hydrogens (tertiary/aromatic N) is 2. The van der Waals surface area contributed by atoms with Crippen molar-refractivity contribution in [3.8, 4) is 0 Å². The van der Waals surface area contributed by atoms with Crippen molar-refractivity contribution in [1.82, 2.24) is 15.5 Å². The van der Waals surface area contributed by atoms with E-state index in [0.29, 0.717) is 0 Å². The SMILES string of the molecule is CCN(C)CCNC(=NC)NCc1ccc(C)cc1SC.I. The number of halogens is 1. The molecule has 0 spiro atoms. The molecule has 0 saturated heterocycles. The van der Waals surface area contributed by atoms with Crippen LogP contribution in [-0.4, -0.2) is 50.8 Å². The number of thioether (sulfide) groups is 1. The first-order chi connectivity index (χ1) is 10.1. The summed E-state index contributed by atoms with van der Waals surface area (Å²) in [6, 6.07) is 6.57. The maximum Gasteiger partial charge on any atom is 0.191 e. The molecule has 0 aliphatic carbocycles. The average Bonchev–Trinajstić information content (AvgIpc) is 2.51. The number of hydrogen-bond donors (Lipinski definition) is 2. The van der Waals surface area contributed by atoms with E-state index >= 15 is 0 Å². The van der Waals surface area contributed by atoms with Gasteiger partial charge in [0.25, 0.3) is 0 Å². The van der Waals surface area contributed by atoms with E-state index in [1.54, 1.807) is 11.8 Å². The molecular formula is C16H29IN4S. The van der Waals surface area contributed by atoms with E-state index in [-0.39, 0.29) is 24.0 Å². The van der Waals surface area contributed by atoms with Gasteiger partial charge in [-0.2, -0.15) is 0 Å². The zero-order valence-electron chi connectivity index (χ0n) is 14.3. The van der Waals surface area contributed by atoms with Gasteiger partial charge < -0.3 is 15.5 Å². The molecule has 0 heterocycles. The fraction of sp³-hybridized carbons (Fsp3) is 0.562. The van der Waals surface area contributed by atoms with Gasteiger partial charge in [0.2, 0.25) is 0 Å². The third kappa shape index (κ3) is 7.69. The Morgan fingerprint density at radius 2 is 2.05 bits per heavy atom. The molecule has 4 nitrogen and oxygen atoms in total. The topological polar surface area (TPSA) is 39.7 Å². The largest absolute Gasteiger partial charge is 0.355 e. The molecule has 126 valence electrons. The van der Waals surface area contributed by atoms with Gasteiger partial charge in [-0.3, -0.25) is 4.99 Å². The minimum Gasteiger partial charge on any atom is -0.355 e. The number of rotatable bonds is 7. The predicted molar refractivity (Wildman–Crippen MR) is 110 cm³/mol. The fourth-order valence-electron chi connectivity index (χ4n) is 1.92.